The van der Waals surface area contributed by atoms with Crippen LogP contribution in [0.1, 0.15) is 126 Å². The van der Waals surface area contributed by atoms with Gasteiger partial charge in [0.1, 0.15) is 11.9 Å². The molecule has 5 aliphatic rings. The first-order valence-corrected chi connectivity index (χ1v) is 22.8. The molecule has 0 aromatic heterocycles. The average Bonchev–Trinajstić information content (AvgIpc) is 3.43. The van der Waals surface area contributed by atoms with Crippen molar-refractivity contribution in [1.29, 1.82) is 0 Å². The number of nitrogens with zero attached hydrogens (tertiary/aromatic N) is 2. The van der Waals surface area contributed by atoms with Gasteiger partial charge < -0.3 is 24.6 Å². The minimum atomic E-state index is -4.80. The minimum Gasteiger partial charge on any atom is -0.481 e. The van der Waals surface area contributed by atoms with Crippen LogP contribution in [-0.4, -0.2) is 90.0 Å². The van der Waals surface area contributed by atoms with Gasteiger partial charge >= 0.3 is 18.3 Å². The fourth-order valence-corrected chi connectivity index (χ4v) is 14.0. The number of Topliss-reactive ketones (excluding diaryl/α,β-unsaturated/α-hetero) is 1. The second kappa shape index (κ2) is 16.9. The molecule has 1 aromatic carbocycles. The van der Waals surface area contributed by atoms with Gasteiger partial charge in [0.2, 0.25) is 0 Å². The number of ether oxygens (including phenoxy) is 2. The molecule has 12 heteroatoms. The number of carbonyl (C=O) groups is 3. The Bertz CT molecular complexity index is 1860. The highest BCUT2D eigenvalue weighted by Crippen LogP contribution is 2.76. The van der Waals surface area contributed by atoms with Crippen molar-refractivity contribution in [3.63, 3.8) is 0 Å². The molecule has 0 spiro atoms. The summed E-state index contributed by atoms with van der Waals surface area (Å²) in [7, 11) is 3.91. The van der Waals surface area contributed by atoms with E-state index in [4.69, 9.17) is 4.74 Å². The summed E-state index contributed by atoms with van der Waals surface area (Å²) in [6, 6.07) is 5.97. The van der Waals surface area contributed by atoms with Crippen molar-refractivity contribution in [2.24, 2.45) is 62.6 Å². The van der Waals surface area contributed by atoms with Gasteiger partial charge in [0.15, 0.2) is 5.78 Å². The van der Waals surface area contributed by atoms with Crippen LogP contribution in [-0.2, 0) is 25.7 Å². The van der Waals surface area contributed by atoms with Crippen molar-refractivity contribution in [1.82, 2.24) is 9.80 Å². The highest BCUT2D eigenvalue weighted by molar-refractivity contribution is 6.02. The maximum Gasteiger partial charge on any atom is 0.573 e. The lowest BCUT2D eigenvalue weighted by molar-refractivity contribution is -0.274. The molecule has 0 amide bonds. The summed E-state index contributed by atoms with van der Waals surface area (Å²) < 4.78 is 49.6. The Balaban J connectivity index is 1.23. The molecule has 2 unspecified atom stereocenters. The molecule has 4 saturated carbocycles. The first kappa shape index (κ1) is 47.5. The quantitative estimate of drug-likeness (QED) is 0.177. The van der Waals surface area contributed by atoms with Crippen LogP contribution < -0.4 is 4.74 Å². The Morgan fingerprint density at radius 2 is 1.59 bits per heavy atom. The van der Waals surface area contributed by atoms with E-state index in [1.807, 2.05) is 23.9 Å². The molecule has 10 atom stereocenters. The molecular weight excluding hydrogens is 786 g/mol. The number of alkyl halides is 3. The molecule has 6 rings (SSSR count). The van der Waals surface area contributed by atoms with Crippen molar-refractivity contribution in [2.45, 2.75) is 145 Å². The zero-order valence-corrected chi connectivity index (χ0v) is 38.6. The van der Waals surface area contributed by atoms with E-state index in [0.29, 0.717) is 37.0 Å². The molecule has 61 heavy (non-hydrogen) atoms. The number of benzene rings is 1. The van der Waals surface area contributed by atoms with Crippen LogP contribution in [0, 0.1) is 62.6 Å². The number of likely N-dealkylation sites (N-methyl/N-ethyl adjacent to an activating group) is 1. The van der Waals surface area contributed by atoms with Crippen LogP contribution in [0.5, 0.6) is 5.75 Å². The van der Waals surface area contributed by atoms with Gasteiger partial charge in [-0.25, -0.2) is 0 Å². The largest absolute Gasteiger partial charge is 0.573 e. The molecule has 2 N–H and O–H groups in total. The molecule has 342 valence electrons. The number of esters is 1. The maximum absolute atomic E-state index is 14.8. The number of carbonyl (C=O) groups excluding carboxylic acids is 2. The summed E-state index contributed by atoms with van der Waals surface area (Å²) in [5, 5.41) is 21.8. The number of hydrogen-bond acceptors (Lipinski definition) is 8. The molecule has 0 aliphatic heterocycles. The van der Waals surface area contributed by atoms with E-state index in [2.05, 4.69) is 53.2 Å². The standard InChI is InChI=1S/C49H73F3N2O7/c1-29(2)39-40-32(41(42(39)57)34(55)28-54(24-23-53(10)11)27-30-13-12-14-31(25-30)61-49(50,51)52)17-21-47(8)33(40)15-16-36-46(7)20-19-37(60-38(56)26-44(3,4)43(58)59)45(5,6)35(46)18-22-48(36,47)9/h12-14,25,29,32-37,41,55H,15-24,26-28H2,1-11H3,(H,58,59)/t32?,33-,34+,35+,36-,37+,41?,46+,47-,48-/m1/s1. The van der Waals surface area contributed by atoms with E-state index >= 15 is 0 Å². The number of carboxylic acid groups (broad SMARTS) is 1. The summed E-state index contributed by atoms with van der Waals surface area (Å²) in [4.78, 5) is 43.8. The van der Waals surface area contributed by atoms with Crippen molar-refractivity contribution < 1.29 is 47.2 Å². The Morgan fingerprint density at radius 3 is 2.21 bits per heavy atom. The van der Waals surface area contributed by atoms with E-state index in [0.717, 1.165) is 56.9 Å². The molecular formula is C49H73F3N2O7. The van der Waals surface area contributed by atoms with Crippen molar-refractivity contribution in [2.75, 3.05) is 33.7 Å². The smallest absolute Gasteiger partial charge is 0.481 e. The van der Waals surface area contributed by atoms with Crippen molar-refractivity contribution in [3.05, 3.63) is 41.0 Å². The Morgan fingerprint density at radius 1 is 0.918 bits per heavy atom. The molecule has 0 heterocycles. The number of hydrogen-bond donors (Lipinski definition) is 2. The summed E-state index contributed by atoms with van der Waals surface area (Å²) >= 11 is 0. The molecule has 0 saturated heterocycles. The fourth-order valence-electron chi connectivity index (χ4n) is 14.0. The van der Waals surface area contributed by atoms with Gasteiger partial charge in [-0.2, -0.15) is 0 Å². The molecule has 4 fully saturated rings. The third kappa shape index (κ3) is 8.81. The Labute approximate surface area is 362 Å². The number of ketones is 1. The van der Waals surface area contributed by atoms with Gasteiger partial charge in [0.25, 0.3) is 0 Å². The highest BCUT2D eigenvalue weighted by atomic mass is 19.4. The van der Waals surface area contributed by atoms with Crippen LogP contribution >= 0.6 is 0 Å². The predicted octanol–water partition coefficient (Wildman–Crippen LogP) is 9.56. The number of fused-ring (bicyclic) bond motifs is 7. The normalized spacial score (nSPS) is 34.2. The lowest BCUT2D eigenvalue weighted by atomic mass is 9.33. The third-order valence-electron chi connectivity index (χ3n) is 17.1. The molecule has 0 bridgehead atoms. The maximum atomic E-state index is 14.8. The van der Waals surface area contributed by atoms with Crippen molar-refractivity contribution >= 4 is 17.7 Å². The number of carboxylic acids is 1. The molecule has 0 radical (unpaired) electrons. The number of rotatable bonds is 14. The molecule has 1 aromatic rings. The van der Waals surface area contributed by atoms with Crippen LogP contribution in [0.4, 0.5) is 13.2 Å². The zero-order chi connectivity index (χ0) is 45.2. The number of aliphatic hydroxyl groups excluding tert-OH is 1. The lowest BCUT2D eigenvalue weighted by Crippen LogP contribution is -2.65. The SMILES string of the molecule is CC(C)C1=C2C(CC[C@]3(C)[C@@H]2CC[C@@H]2[C@@]4(C)CC[C@H](OC(=O)CC(C)(C)C(=O)O)C(C)(C)[C@@H]4CC[C@]23C)C([C@@H](O)CN(CCN(C)C)Cc2cccc(OC(F)(F)F)c2)C1=O. The van der Waals surface area contributed by atoms with Gasteiger partial charge in [-0.3, -0.25) is 19.3 Å². The van der Waals surface area contributed by atoms with E-state index in [-0.39, 0.29) is 70.0 Å². The number of allylic oxidation sites excluding steroid dienone is 2. The van der Waals surface area contributed by atoms with Gasteiger partial charge in [-0.15, -0.1) is 13.2 Å². The van der Waals surface area contributed by atoms with Gasteiger partial charge in [0.05, 0.1) is 23.9 Å². The lowest BCUT2D eigenvalue weighted by Gasteiger charge is -2.71. The van der Waals surface area contributed by atoms with Gasteiger partial charge in [0, 0.05) is 31.6 Å². The van der Waals surface area contributed by atoms with Gasteiger partial charge in [-0.05, 0) is 148 Å². The minimum absolute atomic E-state index is 0.000570. The molecule has 9 nitrogen and oxygen atoms in total. The zero-order valence-electron chi connectivity index (χ0n) is 38.6. The second-order valence-corrected chi connectivity index (χ2v) is 22.2. The van der Waals surface area contributed by atoms with E-state index < -0.39 is 35.7 Å². The Kier molecular flexibility index (Phi) is 13.1. The van der Waals surface area contributed by atoms with Crippen LogP contribution in [0.25, 0.3) is 0 Å². The average molecular weight is 859 g/mol. The third-order valence-corrected chi connectivity index (χ3v) is 17.1. The van der Waals surface area contributed by atoms with Crippen LogP contribution in [0.15, 0.2) is 35.4 Å². The van der Waals surface area contributed by atoms with Crippen LogP contribution in [0.2, 0.25) is 0 Å². The number of aliphatic hydroxyl groups is 1. The van der Waals surface area contributed by atoms with E-state index in [1.54, 1.807) is 26.0 Å². The summed E-state index contributed by atoms with van der Waals surface area (Å²) in [5.41, 5.74) is 1.27. The van der Waals surface area contributed by atoms with Crippen LogP contribution in [0.3, 0.4) is 0 Å². The predicted molar refractivity (Wildman–Crippen MR) is 228 cm³/mol. The summed E-state index contributed by atoms with van der Waals surface area (Å²) in [5.74, 6) is -1.34. The van der Waals surface area contributed by atoms with Crippen molar-refractivity contribution in [3.8, 4) is 5.75 Å². The fraction of sp³-hybridized carbons (Fsp3) is 0.776. The Hall–Kier alpha value is -2.96. The molecule has 5 aliphatic carbocycles. The summed E-state index contributed by atoms with van der Waals surface area (Å²) in [6.45, 7) is 21.0. The summed E-state index contributed by atoms with van der Waals surface area (Å²) in [6.07, 6.45) is 1.30. The van der Waals surface area contributed by atoms with E-state index in [1.165, 1.54) is 17.7 Å². The second-order valence-electron chi connectivity index (χ2n) is 22.2. The first-order valence-electron chi connectivity index (χ1n) is 22.8. The first-order chi connectivity index (χ1) is 28.2. The number of halogens is 3. The van der Waals surface area contributed by atoms with Gasteiger partial charge in [-0.1, -0.05) is 66.2 Å². The topological polar surface area (TPSA) is 117 Å². The van der Waals surface area contributed by atoms with E-state index in [9.17, 15) is 37.8 Å². The monoisotopic (exact) mass is 859 g/mol. The highest BCUT2D eigenvalue weighted by Gasteiger charge is 2.69. The number of aliphatic carboxylic acids is 1.